The van der Waals surface area contributed by atoms with Crippen LogP contribution in [0.25, 0.3) is 28.4 Å². The third-order valence-corrected chi connectivity index (χ3v) is 4.99. The lowest BCUT2D eigenvalue weighted by atomic mass is 10.1. The molecule has 0 fully saturated rings. The van der Waals surface area contributed by atoms with Crippen LogP contribution in [-0.4, -0.2) is 14.5 Å². The predicted molar refractivity (Wildman–Crippen MR) is 110 cm³/mol. The van der Waals surface area contributed by atoms with Crippen molar-refractivity contribution in [3.05, 3.63) is 82.1 Å². The molecule has 138 valence electrons. The highest BCUT2D eigenvalue weighted by molar-refractivity contribution is 6.30. The highest BCUT2D eigenvalue weighted by atomic mass is 35.5. The van der Waals surface area contributed by atoms with Crippen molar-refractivity contribution in [2.24, 2.45) is 0 Å². The Morgan fingerprint density at radius 1 is 1.21 bits per heavy atom. The molecule has 0 saturated carbocycles. The highest BCUT2D eigenvalue weighted by Crippen LogP contribution is 2.27. The number of nitrogens with one attached hydrogen (secondary N) is 1. The van der Waals surface area contributed by atoms with E-state index in [9.17, 15) is 9.65 Å². The van der Waals surface area contributed by atoms with E-state index in [0.29, 0.717) is 11.4 Å². The Balaban J connectivity index is 1.80. The van der Waals surface area contributed by atoms with Gasteiger partial charge < -0.3 is 9.55 Å². The average molecular weight is 391 g/mol. The van der Waals surface area contributed by atoms with Crippen LogP contribution in [0.2, 0.25) is 5.02 Å². The Labute approximate surface area is 166 Å². The second-order valence-electron chi connectivity index (χ2n) is 6.53. The third-order valence-electron chi connectivity index (χ3n) is 4.70. The van der Waals surface area contributed by atoms with Crippen LogP contribution in [0.15, 0.2) is 48.5 Å². The van der Waals surface area contributed by atoms with Gasteiger partial charge in [0, 0.05) is 17.1 Å². The van der Waals surface area contributed by atoms with Gasteiger partial charge in [0.25, 0.3) is 0 Å². The first-order valence-electron chi connectivity index (χ1n) is 8.69. The molecule has 0 saturated heterocycles. The molecule has 0 aliphatic heterocycles. The van der Waals surface area contributed by atoms with Crippen LogP contribution in [0.1, 0.15) is 22.8 Å². The maximum Gasteiger partial charge on any atom is 0.149 e. The first-order valence-corrected chi connectivity index (χ1v) is 9.07. The number of aromatic nitrogens is 3. The normalized spacial score (nSPS) is 11.8. The van der Waals surface area contributed by atoms with Crippen molar-refractivity contribution < 1.29 is 4.39 Å². The van der Waals surface area contributed by atoms with Crippen molar-refractivity contribution in [2.45, 2.75) is 13.8 Å². The van der Waals surface area contributed by atoms with Gasteiger partial charge in [0.2, 0.25) is 0 Å². The first-order chi connectivity index (χ1) is 13.5. The fourth-order valence-electron chi connectivity index (χ4n) is 3.34. The van der Waals surface area contributed by atoms with Gasteiger partial charge in [-0.2, -0.15) is 5.26 Å². The standard InChI is InChI=1S/C22H16ClFN4/c1-13-9-15(14(2)28(13)17-7-8-19(24)18(23)11-17)10-16(12-25)22-26-20-5-3-4-6-21(20)27-22/h3-11H,1-2H3,(H,26,27)/b16-10+. The topological polar surface area (TPSA) is 57.4 Å². The monoisotopic (exact) mass is 390 g/mol. The minimum atomic E-state index is -0.454. The number of nitriles is 1. The minimum absolute atomic E-state index is 0.0714. The maximum absolute atomic E-state index is 13.5. The Morgan fingerprint density at radius 2 is 2.00 bits per heavy atom. The second kappa shape index (κ2) is 6.99. The zero-order chi connectivity index (χ0) is 19.8. The summed E-state index contributed by atoms with van der Waals surface area (Å²) < 4.78 is 15.5. The number of aromatic amines is 1. The number of rotatable bonds is 3. The summed E-state index contributed by atoms with van der Waals surface area (Å²) >= 11 is 5.94. The van der Waals surface area contributed by atoms with Gasteiger partial charge in [-0.05, 0) is 61.9 Å². The van der Waals surface area contributed by atoms with E-state index in [2.05, 4.69) is 16.0 Å². The fourth-order valence-corrected chi connectivity index (χ4v) is 3.52. The van der Waals surface area contributed by atoms with Crippen LogP contribution >= 0.6 is 11.6 Å². The van der Waals surface area contributed by atoms with Crippen LogP contribution in [0.5, 0.6) is 0 Å². The van der Waals surface area contributed by atoms with Crippen LogP contribution in [-0.2, 0) is 0 Å². The fraction of sp³-hybridized carbons (Fsp3) is 0.0909. The van der Waals surface area contributed by atoms with Crippen LogP contribution in [0, 0.1) is 31.0 Å². The largest absolute Gasteiger partial charge is 0.337 e. The van der Waals surface area contributed by atoms with Crippen LogP contribution in [0.4, 0.5) is 4.39 Å². The average Bonchev–Trinajstić information content (AvgIpc) is 3.23. The zero-order valence-electron chi connectivity index (χ0n) is 15.3. The van der Waals surface area contributed by atoms with Crippen LogP contribution in [0.3, 0.4) is 0 Å². The van der Waals surface area contributed by atoms with Gasteiger partial charge in [-0.1, -0.05) is 23.7 Å². The van der Waals surface area contributed by atoms with E-state index in [4.69, 9.17) is 11.6 Å². The van der Waals surface area contributed by atoms with Crippen molar-refractivity contribution in [1.82, 2.24) is 14.5 Å². The number of para-hydroxylation sites is 2. The Morgan fingerprint density at radius 3 is 2.71 bits per heavy atom. The summed E-state index contributed by atoms with van der Waals surface area (Å²) in [5, 5.41) is 9.74. The van der Waals surface area contributed by atoms with Gasteiger partial charge in [-0.15, -0.1) is 0 Å². The number of H-pyrrole nitrogens is 1. The van der Waals surface area contributed by atoms with E-state index in [-0.39, 0.29) is 5.02 Å². The number of halogens is 2. The summed E-state index contributed by atoms with van der Waals surface area (Å²) in [6.45, 7) is 3.90. The molecule has 4 aromatic rings. The molecule has 0 atom stereocenters. The van der Waals surface area contributed by atoms with Gasteiger partial charge >= 0.3 is 0 Å². The van der Waals surface area contributed by atoms with E-state index >= 15 is 0 Å². The van der Waals surface area contributed by atoms with Crippen molar-refractivity contribution >= 4 is 34.3 Å². The summed E-state index contributed by atoms with van der Waals surface area (Å²) in [5.41, 5.74) is 5.65. The van der Waals surface area contributed by atoms with E-state index in [1.165, 1.54) is 6.07 Å². The quantitative estimate of drug-likeness (QED) is 0.447. The lowest BCUT2D eigenvalue weighted by Crippen LogP contribution is -1.99. The molecule has 2 aromatic heterocycles. The number of benzene rings is 2. The number of imidazole rings is 1. The molecule has 4 rings (SSSR count). The summed E-state index contributed by atoms with van der Waals surface area (Å²) in [4.78, 5) is 7.69. The molecule has 0 spiro atoms. The molecule has 0 aliphatic rings. The zero-order valence-corrected chi connectivity index (χ0v) is 16.0. The highest BCUT2D eigenvalue weighted by Gasteiger charge is 2.14. The molecule has 4 nitrogen and oxygen atoms in total. The molecule has 0 radical (unpaired) electrons. The Hall–Kier alpha value is -3.36. The number of hydrogen-bond acceptors (Lipinski definition) is 2. The number of fused-ring (bicyclic) bond motifs is 1. The molecule has 2 aromatic carbocycles. The van der Waals surface area contributed by atoms with E-state index in [1.54, 1.807) is 12.1 Å². The molecule has 0 aliphatic carbocycles. The van der Waals surface area contributed by atoms with Crippen molar-refractivity contribution in [3.63, 3.8) is 0 Å². The summed E-state index contributed by atoms with van der Waals surface area (Å²) in [6.07, 6.45) is 1.81. The Kier molecular flexibility index (Phi) is 4.50. The molecule has 0 amide bonds. The Bertz CT molecular complexity index is 1240. The number of aryl methyl sites for hydroxylation is 1. The lowest BCUT2D eigenvalue weighted by Gasteiger charge is -2.10. The SMILES string of the molecule is Cc1cc(/C=C(\C#N)c2nc3ccccc3[nH]2)c(C)n1-c1ccc(F)c(Cl)c1. The van der Waals surface area contributed by atoms with Gasteiger partial charge in [-0.3, -0.25) is 0 Å². The third kappa shape index (κ3) is 3.08. The molecule has 6 heteroatoms. The molecule has 2 heterocycles. The number of hydrogen-bond donors (Lipinski definition) is 1. The number of allylic oxidation sites excluding steroid dienone is 1. The molecule has 1 N–H and O–H groups in total. The second-order valence-corrected chi connectivity index (χ2v) is 6.94. The predicted octanol–water partition coefficient (Wildman–Crippen LogP) is 5.83. The van der Waals surface area contributed by atoms with Crippen molar-refractivity contribution in [3.8, 4) is 11.8 Å². The van der Waals surface area contributed by atoms with E-state index < -0.39 is 5.82 Å². The van der Waals surface area contributed by atoms with Crippen LogP contribution < -0.4 is 0 Å². The van der Waals surface area contributed by atoms with Gasteiger partial charge in [-0.25, -0.2) is 9.37 Å². The number of nitrogens with zero attached hydrogens (tertiary/aromatic N) is 3. The van der Waals surface area contributed by atoms with Crippen molar-refractivity contribution in [1.29, 1.82) is 5.26 Å². The summed E-state index contributed by atoms with van der Waals surface area (Å²) in [6, 6.07) is 16.5. The van der Waals surface area contributed by atoms with Crippen molar-refractivity contribution in [2.75, 3.05) is 0 Å². The molecule has 0 bridgehead atoms. The van der Waals surface area contributed by atoms with Gasteiger partial charge in [0.1, 0.15) is 17.7 Å². The van der Waals surface area contributed by atoms with E-state index in [0.717, 1.165) is 33.7 Å². The van der Waals surface area contributed by atoms with Gasteiger partial charge in [0.15, 0.2) is 0 Å². The molecular weight excluding hydrogens is 375 g/mol. The minimum Gasteiger partial charge on any atom is -0.337 e. The first kappa shape index (κ1) is 18.0. The smallest absolute Gasteiger partial charge is 0.149 e. The van der Waals surface area contributed by atoms with Gasteiger partial charge in [0.05, 0.1) is 21.6 Å². The molecular formula is C22H16ClFN4. The lowest BCUT2D eigenvalue weighted by molar-refractivity contribution is 0.627. The molecule has 28 heavy (non-hydrogen) atoms. The summed E-state index contributed by atoms with van der Waals surface area (Å²) in [7, 11) is 0. The summed E-state index contributed by atoms with van der Waals surface area (Å²) in [5.74, 6) is 0.0722. The van der Waals surface area contributed by atoms with E-state index in [1.807, 2.05) is 54.8 Å². The molecule has 0 unspecified atom stereocenters. The maximum atomic E-state index is 13.5.